The fourth-order valence-corrected chi connectivity index (χ4v) is 1.10. The summed E-state index contributed by atoms with van der Waals surface area (Å²) < 4.78 is 4.64. The van der Waals surface area contributed by atoms with Gasteiger partial charge in [0.15, 0.2) is 0 Å². The summed E-state index contributed by atoms with van der Waals surface area (Å²) in [5, 5.41) is 35.9. The molecule has 1 radical (unpaired) electrons. The van der Waals surface area contributed by atoms with E-state index in [1.54, 1.807) is 0 Å². The van der Waals surface area contributed by atoms with E-state index in [1.807, 2.05) is 0 Å². The number of aliphatic hydroxyl groups is 4. The van der Waals surface area contributed by atoms with Gasteiger partial charge in [0.05, 0.1) is 12.7 Å². The van der Waals surface area contributed by atoms with Crippen LogP contribution in [0.25, 0.3) is 5.73 Å². The zero-order valence-electron chi connectivity index (χ0n) is 6.87. The first-order valence-corrected chi connectivity index (χ1v) is 3.59. The molecule has 75 valence electrons. The van der Waals surface area contributed by atoms with Crippen LogP contribution in [0.15, 0.2) is 0 Å². The van der Waals surface area contributed by atoms with Gasteiger partial charge < -0.3 is 30.9 Å². The molecule has 3 unspecified atom stereocenters. The van der Waals surface area contributed by atoms with Crippen molar-refractivity contribution in [2.75, 3.05) is 6.61 Å². The van der Waals surface area contributed by atoms with Crippen molar-refractivity contribution in [1.29, 1.82) is 0 Å². The van der Waals surface area contributed by atoms with Crippen LogP contribution < -0.4 is 0 Å². The second kappa shape index (κ2) is 5.93. The summed E-state index contributed by atoms with van der Waals surface area (Å²) in [6.45, 7) is -0.498. The van der Waals surface area contributed by atoms with Gasteiger partial charge >= 0.3 is 0 Å². The normalized spacial score (nSPS) is 45.5. The van der Waals surface area contributed by atoms with Crippen molar-refractivity contribution < 1.29 is 69.2 Å². The maximum absolute atomic E-state index is 9.16. The maximum atomic E-state index is 9.16. The van der Waals surface area contributed by atoms with Gasteiger partial charge in [-0.3, -0.25) is 0 Å². The molecular formula is C6H12AcNO5-. The van der Waals surface area contributed by atoms with Crippen LogP contribution in [0.4, 0.5) is 0 Å². The monoisotopic (exact) mass is 405 g/mol. The molecule has 5 atom stereocenters. The number of aliphatic hydroxyl groups excluding tert-OH is 4. The first-order valence-electron chi connectivity index (χ1n) is 3.59. The van der Waals surface area contributed by atoms with E-state index in [0.717, 1.165) is 0 Å². The molecule has 6 nitrogen and oxygen atoms in total. The van der Waals surface area contributed by atoms with Crippen LogP contribution in [0.5, 0.6) is 0 Å². The quantitative estimate of drug-likeness (QED) is 0.397. The predicted molar refractivity (Wildman–Crippen MR) is 38.1 cm³/mol. The molecular weight excluding hydrogens is 393 g/mol. The Morgan fingerprint density at radius 2 is 1.69 bits per heavy atom. The van der Waals surface area contributed by atoms with Gasteiger partial charge in [-0.1, -0.05) is 6.04 Å². The van der Waals surface area contributed by atoms with Crippen LogP contribution in [-0.4, -0.2) is 57.7 Å². The molecule has 0 amide bonds. The summed E-state index contributed by atoms with van der Waals surface area (Å²) in [5.74, 6) is 0. The predicted octanol–water partition coefficient (Wildman–Crippen LogP) is -2.16. The van der Waals surface area contributed by atoms with E-state index in [2.05, 4.69) is 4.74 Å². The average molecular weight is 405 g/mol. The SMILES string of the molecule is [Ac].[NH-]C1C(O)[C@H](O)C(CO)O[C@H]1O. The zero-order valence-corrected chi connectivity index (χ0v) is 11.6. The standard InChI is InChI=1S/C6H12NO5.Ac/c7-3-5(10)4(9)2(1-8)12-6(3)11;/h2-11H,1H2;/q-1;/t2?,3?,4-,5?,6-;/m1./s1. The van der Waals surface area contributed by atoms with Crippen LogP contribution in [0.1, 0.15) is 0 Å². The van der Waals surface area contributed by atoms with E-state index in [-0.39, 0.29) is 44.1 Å². The first kappa shape index (κ1) is 14.2. The van der Waals surface area contributed by atoms with Gasteiger partial charge in [0, 0.05) is 44.1 Å². The second-order valence-corrected chi connectivity index (χ2v) is 2.75. The second-order valence-electron chi connectivity index (χ2n) is 2.75. The number of hydrogen-bond donors (Lipinski definition) is 4. The van der Waals surface area contributed by atoms with Gasteiger partial charge in [-0.15, -0.1) is 0 Å². The largest absolute Gasteiger partial charge is 0.668 e. The summed E-state index contributed by atoms with van der Waals surface area (Å²) >= 11 is 0. The molecule has 1 fully saturated rings. The summed E-state index contributed by atoms with van der Waals surface area (Å²) in [7, 11) is 0. The molecule has 0 aromatic rings. The van der Waals surface area contributed by atoms with Crippen LogP contribution in [0, 0.1) is 44.1 Å². The number of ether oxygens (including phenoxy) is 1. The third kappa shape index (κ3) is 3.08. The Labute approximate surface area is 111 Å². The van der Waals surface area contributed by atoms with Crippen LogP contribution in [0.3, 0.4) is 0 Å². The third-order valence-corrected chi connectivity index (χ3v) is 1.90. The molecule has 5 N–H and O–H groups in total. The minimum Gasteiger partial charge on any atom is -0.668 e. The minimum atomic E-state index is -1.46. The molecule has 0 aromatic carbocycles. The van der Waals surface area contributed by atoms with E-state index in [0.29, 0.717) is 0 Å². The van der Waals surface area contributed by atoms with Gasteiger partial charge in [0.25, 0.3) is 0 Å². The van der Waals surface area contributed by atoms with Gasteiger partial charge in [0.1, 0.15) is 18.5 Å². The van der Waals surface area contributed by atoms with E-state index in [1.165, 1.54) is 0 Å². The summed E-state index contributed by atoms with van der Waals surface area (Å²) in [6.07, 6.45) is -5.18. The molecule has 1 aliphatic rings. The molecule has 1 aliphatic heterocycles. The Hall–Kier alpha value is 1.20. The summed E-state index contributed by atoms with van der Waals surface area (Å²) in [6, 6.07) is -1.29. The Bertz CT molecular complexity index is 155. The fraction of sp³-hybridized carbons (Fsp3) is 1.00. The van der Waals surface area contributed by atoms with Crippen molar-refractivity contribution in [2.24, 2.45) is 0 Å². The zero-order chi connectivity index (χ0) is 9.30. The minimum absolute atomic E-state index is 0. The van der Waals surface area contributed by atoms with Crippen LogP contribution in [0.2, 0.25) is 0 Å². The molecule has 13 heavy (non-hydrogen) atoms. The van der Waals surface area contributed by atoms with Crippen LogP contribution in [-0.2, 0) is 4.74 Å². The molecule has 0 bridgehead atoms. The third-order valence-electron chi connectivity index (χ3n) is 1.90. The Balaban J connectivity index is 0.00000144. The van der Waals surface area contributed by atoms with E-state index in [4.69, 9.17) is 26.2 Å². The Morgan fingerprint density at radius 1 is 1.15 bits per heavy atom. The molecule has 0 aliphatic carbocycles. The van der Waals surface area contributed by atoms with Gasteiger partial charge in [-0.05, 0) is 0 Å². The van der Waals surface area contributed by atoms with Gasteiger partial charge in [-0.2, -0.15) is 0 Å². The number of hydrogen-bond acceptors (Lipinski definition) is 5. The fourth-order valence-electron chi connectivity index (χ4n) is 1.10. The molecule has 0 saturated carbocycles. The van der Waals surface area contributed by atoms with Crippen LogP contribution >= 0.6 is 0 Å². The van der Waals surface area contributed by atoms with Crippen molar-refractivity contribution in [3.63, 3.8) is 0 Å². The Morgan fingerprint density at radius 3 is 2.15 bits per heavy atom. The van der Waals surface area contributed by atoms with E-state index in [9.17, 15) is 0 Å². The topological polar surface area (TPSA) is 114 Å². The molecule has 1 heterocycles. The van der Waals surface area contributed by atoms with Gasteiger partial charge in [0.2, 0.25) is 0 Å². The van der Waals surface area contributed by atoms with Crippen molar-refractivity contribution in [1.82, 2.24) is 0 Å². The average Bonchev–Trinajstić information content (AvgIpc) is 2.08. The molecule has 7 heteroatoms. The van der Waals surface area contributed by atoms with E-state index >= 15 is 0 Å². The maximum Gasteiger partial charge on any atom is 0.141 e. The smallest absolute Gasteiger partial charge is 0.141 e. The number of nitrogens with one attached hydrogen (secondary N) is 1. The van der Waals surface area contributed by atoms with Crippen molar-refractivity contribution in [3.8, 4) is 0 Å². The first-order chi connectivity index (χ1) is 5.57. The van der Waals surface area contributed by atoms with Crippen molar-refractivity contribution >= 4 is 0 Å². The summed E-state index contributed by atoms with van der Waals surface area (Å²) in [4.78, 5) is 0. The van der Waals surface area contributed by atoms with Crippen molar-refractivity contribution in [2.45, 2.75) is 30.6 Å². The van der Waals surface area contributed by atoms with E-state index < -0.39 is 37.3 Å². The van der Waals surface area contributed by atoms with Crippen molar-refractivity contribution in [3.05, 3.63) is 5.73 Å². The molecule has 1 rings (SSSR count). The molecule has 0 aromatic heterocycles. The summed E-state index contributed by atoms with van der Waals surface area (Å²) in [5.41, 5.74) is 7.11. The Kier molecular flexibility index (Phi) is 6.48. The molecule has 1 saturated heterocycles. The number of rotatable bonds is 1. The molecule has 0 spiro atoms. The van der Waals surface area contributed by atoms with Gasteiger partial charge in [-0.25, -0.2) is 0 Å².